The second-order valence-corrected chi connectivity index (χ2v) is 7.23. The van der Waals surface area contributed by atoms with Crippen LogP contribution in [0.4, 0.5) is 11.5 Å². The third kappa shape index (κ3) is 2.39. The maximum atomic E-state index is 12.4. The first-order valence-corrected chi connectivity index (χ1v) is 8.75. The van der Waals surface area contributed by atoms with E-state index in [1.807, 2.05) is 0 Å². The minimum atomic E-state index is -2.50. The number of nitrogens with two attached hydrogens (primary N) is 1. The van der Waals surface area contributed by atoms with Crippen molar-refractivity contribution in [2.75, 3.05) is 5.73 Å². The summed E-state index contributed by atoms with van der Waals surface area (Å²) in [6.07, 6.45) is 6.14. The van der Waals surface area contributed by atoms with Crippen LogP contribution in [0.15, 0.2) is 64.1 Å². The molecule has 1 aliphatic heterocycles. The molecular weight excluding hydrogens is 322 g/mol. The summed E-state index contributed by atoms with van der Waals surface area (Å²) in [7, 11) is -2.50. The summed E-state index contributed by atoms with van der Waals surface area (Å²) >= 11 is 0. The highest BCUT2D eigenvalue weighted by atomic mass is 32.2. The lowest BCUT2D eigenvalue weighted by molar-refractivity contribution is 0.688. The Hall–Kier alpha value is -2.93. The quantitative estimate of drug-likeness (QED) is 0.775. The number of hydrogen-bond acceptors (Lipinski definition) is 5. The number of benzene rings is 1. The fourth-order valence-electron chi connectivity index (χ4n) is 2.59. The number of nitrogens with zero attached hydrogens (tertiary/aromatic N) is 4. The first kappa shape index (κ1) is 11.6. The van der Waals surface area contributed by atoms with Gasteiger partial charge in [-0.05, 0) is 17.7 Å². The highest BCUT2D eigenvalue weighted by Gasteiger charge is 2.13. The third-order valence-corrected chi connectivity index (χ3v) is 5.29. The second-order valence-electron chi connectivity index (χ2n) is 5.28. The average molecular weight is 340 g/mol. The van der Waals surface area contributed by atoms with Gasteiger partial charge in [0.05, 0.1) is 20.8 Å². The van der Waals surface area contributed by atoms with Gasteiger partial charge in [-0.2, -0.15) is 4.36 Å². The van der Waals surface area contributed by atoms with Gasteiger partial charge in [0.25, 0.3) is 0 Å². The summed E-state index contributed by atoms with van der Waals surface area (Å²) in [5.41, 5.74) is 8.13. The van der Waals surface area contributed by atoms with Gasteiger partial charge in [-0.3, -0.25) is 0 Å². The normalized spacial score (nSPS) is 17.6. The van der Waals surface area contributed by atoms with E-state index in [2.05, 4.69) is 14.3 Å². The second kappa shape index (κ2) is 5.31. The van der Waals surface area contributed by atoms with E-state index < -0.39 is 16.7 Å². The van der Waals surface area contributed by atoms with Crippen molar-refractivity contribution in [2.45, 2.75) is 0 Å². The van der Waals surface area contributed by atoms with Crippen molar-refractivity contribution in [2.24, 2.45) is 11.3 Å². The van der Waals surface area contributed by atoms with Crippen LogP contribution in [-0.4, -0.2) is 18.7 Å². The first-order chi connectivity index (χ1) is 12.8. The van der Waals surface area contributed by atoms with Crippen molar-refractivity contribution in [3.05, 3.63) is 59.8 Å². The average Bonchev–Trinajstić information content (AvgIpc) is 3.20. The maximum absolute atomic E-state index is 12.4. The minimum Gasteiger partial charge on any atom is -0.383 e. The van der Waals surface area contributed by atoms with Gasteiger partial charge in [0, 0.05) is 33.7 Å². The van der Waals surface area contributed by atoms with Crippen LogP contribution in [0.3, 0.4) is 0 Å². The molecular formula is C17H15N5OS. The molecule has 4 rings (SSSR count). The topological polar surface area (TPSA) is 86.2 Å². The van der Waals surface area contributed by atoms with Crippen LogP contribution in [0.1, 0.15) is 4.11 Å². The molecule has 1 aromatic carbocycles. The molecule has 0 unspecified atom stereocenters. The Morgan fingerprint density at radius 1 is 1.21 bits per heavy atom. The summed E-state index contributed by atoms with van der Waals surface area (Å²) in [6, 6.07) is 6.99. The van der Waals surface area contributed by atoms with E-state index in [0.29, 0.717) is 16.6 Å². The summed E-state index contributed by atoms with van der Waals surface area (Å²) < 4.78 is 40.9. The van der Waals surface area contributed by atoms with Gasteiger partial charge in [-0.25, -0.2) is 14.2 Å². The van der Waals surface area contributed by atoms with Crippen LogP contribution in [0.25, 0.3) is 22.2 Å². The number of aromatic nitrogens is 3. The predicted octanol–water partition coefficient (Wildman–Crippen LogP) is 3.36. The zero-order valence-corrected chi connectivity index (χ0v) is 13.3. The minimum absolute atomic E-state index is 0.205. The standard InChI is InChI=1S/C17H15N5OS/c1-22-10-14(15-16(18)19-11-20-17(15)22)12-4-6-13(7-5-12)21-24(23)8-2-3-9-24/h2-11H,1H3,(H2,18,19,20)/i1D3. The zero-order chi connectivity index (χ0) is 19.2. The van der Waals surface area contributed by atoms with Gasteiger partial charge in [-0.15, -0.1) is 0 Å². The monoisotopic (exact) mass is 340 g/mol. The molecule has 0 amide bonds. The van der Waals surface area contributed by atoms with Crippen LogP contribution < -0.4 is 5.73 Å². The number of allylic oxidation sites excluding steroid dienone is 2. The fraction of sp³-hybridized carbons (Fsp3) is 0.0588. The lowest BCUT2D eigenvalue weighted by Gasteiger charge is -2.02. The van der Waals surface area contributed by atoms with Crippen molar-refractivity contribution in [1.29, 1.82) is 0 Å². The lowest BCUT2D eigenvalue weighted by Crippen LogP contribution is -1.94. The summed E-state index contributed by atoms with van der Waals surface area (Å²) in [5.74, 6) is 0.205. The molecule has 7 heteroatoms. The third-order valence-electron chi connectivity index (χ3n) is 3.70. The molecule has 120 valence electrons. The molecule has 0 saturated carbocycles. The summed E-state index contributed by atoms with van der Waals surface area (Å²) in [5, 5.41) is 3.59. The van der Waals surface area contributed by atoms with Crippen molar-refractivity contribution < 1.29 is 8.32 Å². The van der Waals surface area contributed by atoms with E-state index in [9.17, 15) is 4.21 Å². The number of nitrogen functional groups attached to an aromatic ring is 1. The van der Waals surface area contributed by atoms with Gasteiger partial charge in [0.2, 0.25) is 0 Å². The SMILES string of the molecule is [2H]C([2H])([2H])n1cc(-c2ccc(N=S3(=O)C=CC=C3)cc2)c2c(N)ncnc21. The Balaban J connectivity index is 1.85. The van der Waals surface area contributed by atoms with Crippen molar-refractivity contribution in [3.63, 3.8) is 0 Å². The zero-order valence-electron chi connectivity index (χ0n) is 15.5. The van der Waals surface area contributed by atoms with Crippen LogP contribution in [0.2, 0.25) is 0 Å². The number of anilines is 1. The van der Waals surface area contributed by atoms with E-state index in [1.54, 1.807) is 47.2 Å². The fourth-order valence-corrected chi connectivity index (χ4v) is 3.89. The van der Waals surface area contributed by atoms with E-state index in [-0.39, 0.29) is 11.5 Å². The van der Waals surface area contributed by atoms with Crippen LogP contribution in [0, 0.1) is 0 Å². The first-order valence-electron chi connectivity index (χ1n) is 8.61. The highest BCUT2D eigenvalue weighted by molar-refractivity contribution is 7.99. The van der Waals surface area contributed by atoms with Gasteiger partial charge >= 0.3 is 0 Å². The molecule has 1 aliphatic rings. The van der Waals surface area contributed by atoms with Gasteiger partial charge in [0.15, 0.2) is 0 Å². The number of fused-ring (bicyclic) bond motifs is 1. The molecule has 0 spiro atoms. The highest BCUT2D eigenvalue weighted by Crippen LogP contribution is 2.33. The van der Waals surface area contributed by atoms with E-state index >= 15 is 0 Å². The maximum Gasteiger partial charge on any atom is 0.145 e. The molecule has 0 saturated heterocycles. The molecule has 0 aliphatic carbocycles. The van der Waals surface area contributed by atoms with Crippen LogP contribution >= 0.6 is 0 Å². The Morgan fingerprint density at radius 3 is 2.67 bits per heavy atom. The largest absolute Gasteiger partial charge is 0.383 e. The predicted molar refractivity (Wildman–Crippen MR) is 96.9 cm³/mol. The summed E-state index contributed by atoms with van der Waals surface area (Å²) in [6.45, 7) is -2.40. The van der Waals surface area contributed by atoms with Crippen LogP contribution in [0.5, 0.6) is 0 Å². The molecule has 6 nitrogen and oxygen atoms in total. The molecule has 3 aromatic rings. The van der Waals surface area contributed by atoms with Gasteiger partial charge in [0.1, 0.15) is 17.8 Å². The molecule has 0 fully saturated rings. The molecule has 3 heterocycles. The Kier molecular flexibility index (Phi) is 2.56. The van der Waals surface area contributed by atoms with E-state index in [4.69, 9.17) is 9.85 Å². The molecule has 0 bridgehead atoms. The van der Waals surface area contributed by atoms with Crippen molar-refractivity contribution in [1.82, 2.24) is 14.5 Å². The number of aryl methyl sites for hydroxylation is 1. The molecule has 2 aromatic heterocycles. The van der Waals surface area contributed by atoms with Crippen LogP contribution in [-0.2, 0) is 16.7 Å². The Bertz CT molecular complexity index is 1200. The molecule has 0 radical (unpaired) electrons. The molecule has 2 N–H and O–H groups in total. The Morgan fingerprint density at radius 2 is 1.96 bits per heavy atom. The van der Waals surface area contributed by atoms with E-state index in [1.165, 1.54) is 12.5 Å². The summed E-state index contributed by atoms with van der Waals surface area (Å²) in [4.78, 5) is 8.07. The lowest BCUT2D eigenvalue weighted by atomic mass is 10.1. The molecule has 24 heavy (non-hydrogen) atoms. The van der Waals surface area contributed by atoms with Crippen molar-refractivity contribution >= 4 is 32.3 Å². The Labute approximate surface area is 143 Å². The number of rotatable bonds is 2. The number of hydrogen-bond donors (Lipinski definition) is 1. The van der Waals surface area contributed by atoms with Gasteiger partial charge in [-0.1, -0.05) is 24.3 Å². The van der Waals surface area contributed by atoms with Gasteiger partial charge < -0.3 is 10.3 Å². The smallest absolute Gasteiger partial charge is 0.145 e. The molecule has 0 atom stereocenters. The van der Waals surface area contributed by atoms with Crippen molar-refractivity contribution in [3.8, 4) is 11.1 Å². The van der Waals surface area contributed by atoms with E-state index in [0.717, 1.165) is 10.1 Å².